The third kappa shape index (κ3) is 3.71. The monoisotopic (exact) mass is 253 g/mol. The first-order valence-corrected chi connectivity index (χ1v) is 7.58. The minimum Gasteiger partial charge on any atom is -0.273 e. The summed E-state index contributed by atoms with van der Waals surface area (Å²) in [6, 6.07) is 0. The van der Waals surface area contributed by atoms with E-state index in [2.05, 4.69) is 19.3 Å². The Bertz CT molecular complexity index is 278. The summed E-state index contributed by atoms with van der Waals surface area (Å²) in [6.07, 6.45) is 8.87. The fraction of sp³-hybridized carbons (Fsp3) is 0.933. The minimum absolute atomic E-state index is 0.111. The molecule has 0 radical (unpaired) electrons. The smallest absolute Gasteiger partial charge is 0.246 e. The summed E-state index contributed by atoms with van der Waals surface area (Å²) in [5.74, 6) is 2.46. The van der Waals surface area contributed by atoms with Crippen molar-refractivity contribution in [2.24, 2.45) is 23.7 Å². The standard InChI is InChI=1S/C15H27NO2/c1-11(2)10-18-16-15(17)14-8-7-12-5-3-4-6-13(12)9-14/h11-14H,3-10H2,1-2H3,(H,16,17). The fourth-order valence-electron chi connectivity index (χ4n) is 3.47. The van der Waals surface area contributed by atoms with E-state index in [1.807, 2.05) is 0 Å². The molecular weight excluding hydrogens is 226 g/mol. The van der Waals surface area contributed by atoms with Crippen LogP contribution in [0.1, 0.15) is 58.8 Å². The average Bonchev–Trinajstić information content (AvgIpc) is 2.37. The Hall–Kier alpha value is -0.570. The molecule has 3 nitrogen and oxygen atoms in total. The van der Waals surface area contributed by atoms with E-state index in [1.165, 1.54) is 32.1 Å². The Labute approximate surface area is 111 Å². The number of rotatable bonds is 4. The number of nitrogens with one attached hydrogen (secondary N) is 1. The van der Waals surface area contributed by atoms with E-state index in [-0.39, 0.29) is 11.8 Å². The molecule has 0 heterocycles. The highest BCUT2D eigenvalue weighted by Gasteiger charge is 2.34. The topological polar surface area (TPSA) is 38.3 Å². The van der Waals surface area contributed by atoms with Gasteiger partial charge in [0.15, 0.2) is 0 Å². The van der Waals surface area contributed by atoms with Gasteiger partial charge in [0.2, 0.25) is 5.91 Å². The van der Waals surface area contributed by atoms with Gasteiger partial charge in [-0.05, 0) is 37.0 Å². The first-order valence-electron chi connectivity index (χ1n) is 7.58. The lowest BCUT2D eigenvalue weighted by atomic mass is 9.67. The van der Waals surface area contributed by atoms with Crippen molar-refractivity contribution < 1.29 is 9.63 Å². The molecule has 3 heteroatoms. The number of carbonyl (C=O) groups is 1. The molecule has 0 spiro atoms. The summed E-state index contributed by atoms with van der Waals surface area (Å²) in [4.78, 5) is 17.3. The van der Waals surface area contributed by atoms with E-state index in [1.54, 1.807) is 0 Å². The van der Waals surface area contributed by atoms with Crippen LogP contribution in [0.15, 0.2) is 0 Å². The second-order valence-corrected chi connectivity index (χ2v) is 6.49. The molecule has 2 fully saturated rings. The molecule has 2 aliphatic rings. The highest BCUT2D eigenvalue weighted by atomic mass is 16.6. The molecule has 2 rings (SSSR count). The number of hydroxylamine groups is 1. The molecule has 0 aromatic rings. The van der Waals surface area contributed by atoms with E-state index in [0.29, 0.717) is 12.5 Å². The average molecular weight is 253 g/mol. The van der Waals surface area contributed by atoms with Gasteiger partial charge in [0.25, 0.3) is 0 Å². The Balaban J connectivity index is 1.74. The zero-order valence-corrected chi connectivity index (χ0v) is 11.8. The molecule has 1 amide bonds. The first kappa shape index (κ1) is 13.9. The van der Waals surface area contributed by atoms with E-state index in [4.69, 9.17) is 4.84 Å². The van der Waals surface area contributed by atoms with Crippen molar-refractivity contribution >= 4 is 5.91 Å². The summed E-state index contributed by atoms with van der Waals surface area (Å²) in [5.41, 5.74) is 2.64. The molecule has 2 aliphatic carbocycles. The lowest BCUT2D eigenvalue weighted by Crippen LogP contribution is -2.37. The van der Waals surface area contributed by atoms with Crippen LogP contribution < -0.4 is 5.48 Å². The second kappa shape index (κ2) is 6.55. The van der Waals surface area contributed by atoms with Gasteiger partial charge in [0.05, 0.1) is 6.61 Å². The second-order valence-electron chi connectivity index (χ2n) is 6.49. The maximum absolute atomic E-state index is 12.0. The van der Waals surface area contributed by atoms with Gasteiger partial charge in [-0.25, -0.2) is 5.48 Å². The molecule has 0 bridgehead atoms. The molecule has 3 atom stereocenters. The van der Waals surface area contributed by atoms with Crippen LogP contribution in [0, 0.1) is 23.7 Å². The van der Waals surface area contributed by atoms with Crippen molar-refractivity contribution in [3.05, 3.63) is 0 Å². The van der Waals surface area contributed by atoms with Crippen LogP contribution >= 0.6 is 0 Å². The van der Waals surface area contributed by atoms with E-state index in [9.17, 15) is 4.79 Å². The number of hydrogen-bond acceptors (Lipinski definition) is 2. The van der Waals surface area contributed by atoms with Gasteiger partial charge in [-0.2, -0.15) is 0 Å². The minimum atomic E-state index is 0.111. The molecular formula is C15H27NO2. The maximum atomic E-state index is 12.0. The van der Waals surface area contributed by atoms with Crippen molar-refractivity contribution in [2.75, 3.05) is 6.61 Å². The predicted octanol–water partition coefficient (Wildman–Crippen LogP) is 3.30. The number of hydrogen-bond donors (Lipinski definition) is 1. The molecule has 0 aromatic carbocycles. The van der Waals surface area contributed by atoms with Crippen molar-refractivity contribution in [3.8, 4) is 0 Å². The quantitative estimate of drug-likeness (QED) is 0.781. The van der Waals surface area contributed by atoms with Crippen molar-refractivity contribution in [1.82, 2.24) is 5.48 Å². The fourth-order valence-corrected chi connectivity index (χ4v) is 3.47. The van der Waals surface area contributed by atoms with E-state index in [0.717, 1.165) is 24.7 Å². The third-order valence-electron chi connectivity index (χ3n) is 4.50. The summed E-state index contributed by atoms with van der Waals surface area (Å²) in [7, 11) is 0. The molecule has 0 saturated heterocycles. The molecule has 18 heavy (non-hydrogen) atoms. The summed E-state index contributed by atoms with van der Waals surface area (Å²) in [5, 5.41) is 0. The van der Waals surface area contributed by atoms with E-state index < -0.39 is 0 Å². The summed E-state index contributed by atoms with van der Waals surface area (Å²) < 4.78 is 0. The Morgan fingerprint density at radius 1 is 1.17 bits per heavy atom. The van der Waals surface area contributed by atoms with Crippen LogP contribution in [0.4, 0.5) is 0 Å². The van der Waals surface area contributed by atoms with Crippen LogP contribution in [0.3, 0.4) is 0 Å². The van der Waals surface area contributed by atoms with Gasteiger partial charge < -0.3 is 0 Å². The summed E-state index contributed by atoms with van der Waals surface area (Å²) >= 11 is 0. The SMILES string of the molecule is CC(C)CONC(=O)C1CCC2CCCCC2C1. The molecule has 1 N–H and O–H groups in total. The highest BCUT2D eigenvalue weighted by Crippen LogP contribution is 2.42. The largest absolute Gasteiger partial charge is 0.273 e. The van der Waals surface area contributed by atoms with Crippen LogP contribution in [0.5, 0.6) is 0 Å². The Morgan fingerprint density at radius 3 is 2.61 bits per heavy atom. The van der Waals surface area contributed by atoms with Gasteiger partial charge in [-0.15, -0.1) is 0 Å². The third-order valence-corrected chi connectivity index (χ3v) is 4.50. The molecule has 3 unspecified atom stereocenters. The number of amides is 1. The van der Waals surface area contributed by atoms with Gasteiger partial charge in [0, 0.05) is 5.92 Å². The molecule has 104 valence electrons. The van der Waals surface area contributed by atoms with Crippen LogP contribution in [0.25, 0.3) is 0 Å². The molecule has 2 saturated carbocycles. The zero-order chi connectivity index (χ0) is 13.0. The Morgan fingerprint density at radius 2 is 1.89 bits per heavy atom. The lowest BCUT2D eigenvalue weighted by molar-refractivity contribution is -0.140. The maximum Gasteiger partial charge on any atom is 0.246 e. The van der Waals surface area contributed by atoms with Gasteiger partial charge >= 0.3 is 0 Å². The van der Waals surface area contributed by atoms with Crippen molar-refractivity contribution in [3.63, 3.8) is 0 Å². The predicted molar refractivity (Wildman–Crippen MR) is 71.7 cm³/mol. The normalized spacial score (nSPS) is 32.1. The van der Waals surface area contributed by atoms with Crippen LogP contribution in [-0.2, 0) is 9.63 Å². The first-order chi connectivity index (χ1) is 8.66. The lowest BCUT2D eigenvalue weighted by Gasteiger charge is -2.38. The number of fused-ring (bicyclic) bond motifs is 1. The summed E-state index contributed by atoms with van der Waals surface area (Å²) in [6.45, 7) is 4.77. The van der Waals surface area contributed by atoms with Gasteiger partial charge in [-0.3, -0.25) is 9.63 Å². The van der Waals surface area contributed by atoms with Crippen molar-refractivity contribution in [1.29, 1.82) is 0 Å². The van der Waals surface area contributed by atoms with Gasteiger partial charge in [-0.1, -0.05) is 39.5 Å². The van der Waals surface area contributed by atoms with Crippen LogP contribution in [-0.4, -0.2) is 12.5 Å². The van der Waals surface area contributed by atoms with E-state index >= 15 is 0 Å². The Kier molecular flexibility index (Phi) is 5.04. The van der Waals surface area contributed by atoms with Crippen LogP contribution in [0.2, 0.25) is 0 Å². The zero-order valence-electron chi connectivity index (χ0n) is 11.8. The molecule has 0 aromatic heterocycles. The number of carbonyl (C=O) groups excluding carboxylic acids is 1. The van der Waals surface area contributed by atoms with Gasteiger partial charge in [0.1, 0.15) is 0 Å². The molecule has 0 aliphatic heterocycles. The van der Waals surface area contributed by atoms with Crippen molar-refractivity contribution in [2.45, 2.75) is 58.8 Å². The highest BCUT2D eigenvalue weighted by molar-refractivity contribution is 5.77.